The number of aliphatic hydroxyl groups excluding tert-OH is 1. The molecule has 4 N–H and O–H groups in total. The van der Waals surface area contributed by atoms with Gasteiger partial charge in [-0.3, -0.25) is 9.59 Å². The van der Waals surface area contributed by atoms with E-state index in [2.05, 4.69) is 0 Å². The summed E-state index contributed by atoms with van der Waals surface area (Å²) in [6.07, 6.45) is 0.380. The van der Waals surface area contributed by atoms with E-state index in [1.807, 2.05) is 0 Å². The highest BCUT2D eigenvalue weighted by molar-refractivity contribution is 6.13. The smallest absolute Gasteiger partial charge is 0.190 e. The summed E-state index contributed by atoms with van der Waals surface area (Å²) in [5.41, 5.74) is 0.636. The Morgan fingerprint density at radius 3 is 2.27 bits per heavy atom. The highest BCUT2D eigenvalue weighted by atomic mass is 16.3. The number of aliphatic hydroxyl groups is 1. The van der Waals surface area contributed by atoms with E-state index in [4.69, 9.17) is 0 Å². The molecule has 0 amide bonds. The zero-order chi connectivity index (χ0) is 19.5. The molecular formula is C20H22O6. The predicted molar refractivity (Wildman–Crippen MR) is 94.6 cm³/mol. The Morgan fingerprint density at radius 2 is 1.69 bits per heavy atom. The van der Waals surface area contributed by atoms with Crippen LogP contribution in [0.2, 0.25) is 0 Å². The van der Waals surface area contributed by atoms with E-state index in [-0.39, 0.29) is 35.3 Å². The minimum atomic E-state index is -1.04. The summed E-state index contributed by atoms with van der Waals surface area (Å²) in [4.78, 5) is 25.2. The highest BCUT2D eigenvalue weighted by Crippen LogP contribution is 2.56. The molecule has 138 valence electrons. The molecule has 6 heteroatoms. The monoisotopic (exact) mass is 358 g/mol. The summed E-state index contributed by atoms with van der Waals surface area (Å²) < 4.78 is 0. The number of phenolic OH excluding ortho intramolecular Hbond substituents is 3. The van der Waals surface area contributed by atoms with Crippen LogP contribution in [0.4, 0.5) is 0 Å². The molecule has 26 heavy (non-hydrogen) atoms. The van der Waals surface area contributed by atoms with E-state index in [0.717, 1.165) is 0 Å². The third kappa shape index (κ3) is 2.29. The third-order valence-electron chi connectivity index (χ3n) is 5.59. The molecule has 2 atom stereocenters. The van der Waals surface area contributed by atoms with Crippen molar-refractivity contribution in [2.45, 2.75) is 52.1 Å². The molecule has 0 aromatic heterocycles. The van der Waals surface area contributed by atoms with Gasteiger partial charge in [0, 0.05) is 29.4 Å². The van der Waals surface area contributed by atoms with Crippen molar-refractivity contribution in [1.82, 2.24) is 0 Å². The van der Waals surface area contributed by atoms with Crippen LogP contribution in [0.15, 0.2) is 22.8 Å². The summed E-state index contributed by atoms with van der Waals surface area (Å²) in [5.74, 6) is -2.19. The highest BCUT2D eigenvalue weighted by Gasteiger charge is 2.48. The minimum Gasteiger partial charge on any atom is -0.507 e. The number of Topliss-reactive ketones (excluding diaryl/α,β-unsaturated/α-hetero) is 1. The fourth-order valence-corrected chi connectivity index (χ4v) is 4.09. The molecule has 2 aliphatic carbocycles. The van der Waals surface area contributed by atoms with Gasteiger partial charge in [-0.05, 0) is 43.6 Å². The zero-order valence-electron chi connectivity index (χ0n) is 15.2. The molecule has 0 bridgehead atoms. The van der Waals surface area contributed by atoms with Gasteiger partial charge in [0.1, 0.15) is 5.75 Å². The summed E-state index contributed by atoms with van der Waals surface area (Å²) in [7, 11) is 0. The molecule has 0 aliphatic heterocycles. The molecule has 0 spiro atoms. The van der Waals surface area contributed by atoms with Crippen LogP contribution in [-0.4, -0.2) is 38.1 Å². The van der Waals surface area contributed by atoms with Crippen LogP contribution in [-0.2, 0) is 16.6 Å². The van der Waals surface area contributed by atoms with Crippen molar-refractivity contribution in [2.24, 2.45) is 0 Å². The Balaban J connectivity index is 2.38. The van der Waals surface area contributed by atoms with Gasteiger partial charge in [-0.25, -0.2) is 0 Å². The Hall–Kier alpha value is -2.60. The maximum atomic E-state index is 12.7. The second-order valence-electron chi connectivity index (χ2n) is 7.43. The van der Waals surface area contributed by atoms with Gasteiger partial charge in [-0.15, -0.1) is 0 Å². The van der Waals surface area contributed by atoms with Crippen LogP contribution < -0.4 is 0 Å². The Morgan fingerprint density at radius 1 is 1.08 bits per heavy atom. The fraction of sp³-hybridized carbons (Fsp3) is 0.400. The van der Waals surface area contributed by atoms with Crippen LogP contribution in [0.5, 0.6) is 17.2 Å². The van der Waals surface area contributed by atoms with Crippen molar-refractivity contribution < 1.29 is 30.0 Å². The van der Waals surface area contributed by atoms with E-state index in [1.165, 1.54) is 13.0 Å². The molecule has 3 rings (SSSR count). The number of rotatable bonds is 2. The number of carbonyl (C=O) groups is 2. The lowest BCUT2D eigenvalue weighted by atomic mass is 9.61. The molecule has 0 radical (unpaired) electrons. The van der Waals surface area contributed by atoms with Crippen LogP contribution in [0.1, 0.15) is 55.6 Å². The molecule has 6 nitrogen and oxygen atoms in total. The van der Waals surface area contributed by atoms with Gasteiger partial charge in [0.2, 0.25) is 0 Å². The quantitative estimate of drug-likeness (QED) is 0.477. The Bertz CT molecular complexity index is 919. The first-order valence-corrected chi connectivity index (χ1v) is 8.46. The lowest BCUT2D eigenvalue weighted by molar-refractivity contribution is -0.116. The minimum absolute atomic E-state index is 0.0183. The van der Waals surface area contributed by atoms with Crippen LogP contribution in [0.3, 0.4) is 0 Å². The molecule has 2 aliphatic rings. The van der Waals surface area contributed by atoms with Crippen LogP contribution >= 0.6 is 0 Å². The summed E-state index contributed by atoms with van der Waals surface area (Å²) in [6.45, 7) is 6.62. The third-order valence-corrected chi connectivity index (χ3v) is 5.59. The molecular weight excluding hydrogens is 336 g/mol. The molecule has 0 unspecified atom stereocenters. The van der Waals surface area contributed by atoms with Crippen molar-refractivity contribution in [3.8, 4) is 17.2 Å². The van der Waals surface area contributed by atoms with Crippen LogP contribution in [0, 0.1) is 0 Å². The van der Waals surface area contributed by atoms with Crippen LogP contribution in [0.25, 0.3) is 0 Å². The van der Waals surface area contributed by atoms with Gasteiger partial charge in [0.25, 0.3) is 0 Å². The largest absolute Gasteiger partial charge is 0.507 e. The number of fused-ring (bicyclic) bond motifs is 3. The Kier molecular flexibility index (Phi) is 3.99. The number of carbonyl (C=O) groups excluding carboxylic acids is 2. The molecule has 0 heterocycles. The van der Waals surface area contributed by atoms with Gasteiger partial charge in [-0.1, -0.05) is 6.92 Å². The van der Waals surface area contributed by atoms with E-state index in [9.17, 15) is 30.0 Å². The topological polar surface area (TPSA) is 115 Å². The van der Waals surface area contributed by atoms with Gasteiger partial charge >= 0.3 is 0 Å². The van der Waals surface area contributed by atoms with Gasteiger partial charge in [-0.2, -0.15) is 0 Å². The maximum absolute atomic E-state index is 12.7. The lowest BCUT2D eigenvalue weighted by Crippen LogP contribution is -2.38. The maximum Gasteiger partial charge on any atom is 0.190 e. The predicted octanol–water partition coefficient (Wildman–Crippen LogP) is 2.42. The number of phenols is 3. The zero-order valence-corrected chi connectivity index (χ0v) is 15.2. The second kappa shape index (κ2) is 5.71. The average molecular weight is 358 g/mol. The molecule has 1 aromatic carbocycles. The molecule has 0 saturated heterocycles. The van der Waals surface area contributed by atoms with E-state index in [1.54, 1.807) is 20.8 Å². The summed E-state index contributed by atoms with van der Waals surface area (Å²) >= 11 is 0. The number of hydrogen-bond donors (Lipinski definition) is 4. The number of hydrogen-bond acceptors (Lipinski definition) is 6. The first kappa shape index (κ1) is 18.2. The number of allylic oxidation sites excluding steroid dienone is 4. The first-order chi connectivity index (χ1) is 12.0. The lowest BCUT2D eigenvalue weighted by Gasteiger charge is -2.41. The summed E-state index contributed by atoms with van der Waals surface area (Å²) in [6, 6.07) is 0. The van der Waals surface area contributed by atoms with Crippen molar-refractivity contribution in [2.75, 3.05) is 0 Å². The number of aromatic hydroxyl groups is 3. The fourth-order valence-electron chi connectivity index (χ4n) is 4.09. The van der Waals surface area contributed by atoms with Gasteiger partial charge in [0.05, 0.1) is 11.7 Å². The Labute approximate surface area is 151 Å². The summed E-state index contributed by atoms with van der Waals surface area (Å²) in [5, 5.41) is 41.3. The normalized spacial score (nSPS) is 23.5. The average Bonchev–Trinajstić information content (AvgIpc) is 2.55. The standard InChI is InChI=1S/C20H22O6/c1-8(21)5-11-17(24)15-13(22)6-12-9(2)10(3)14(23)7-20(12,4)16(15)19(26)18(11)25/h6,8,21,24-26H,5,7H2,1-4H3/t8-,20+/m1/s1. The second-order valence-corrected chi connectivity index (χ2v) is 7.43. The molecule has 1 aromatic rings. The van der Waals surface area contributed by atoms with E-state index in [0.29, 0.717) is 16.7 Å². The first-order valence-electron chi connectivity index (χ1n) is 8.46. The SMILES string of the molecule is CC1=C(C)C2=CC(=O)c3c(O)c(C[C@@H](C)O)c(O)c(O)c3[C@@]2(C)CC1=O. The molecule has 0 fully saturated rings. The van der Waals surface area contributed by atoms with E-state index < -0.39 is 34.6 Å². The van der Waals surface area contributed by atoms with Crippen molar-refractivity contribution >= 4 is 11.6 Å². The van der Waals surface area contributed by atoms with Gasteiger partial charge in [0.15, 0.2) is 23.1 Å². The van der Waals surface area contributed by atoms with Crippen molar-refractivity contribution in [1.29, 1.82) is 0 Å². The van der Waals surface area contributed by atoms with E-state index >= 15 is 0 Å². The number of ketones is 2. The number of benzene rings is 1. The van der Waals surface area contributed by atoms with Gasteiger partial charge < -0.3 is 20.4 Å². The molecule has 0 saturated carbocycles. The van der Waals surface area contributed by atoms with Crippen molar-refractivity contribution in [3.05, 3.63) is 39.5 Å². The van der Waals surface area contributed by atoms with Crippen molar-refractivity contribution in [3.63, 3.8) is 0 Å².